The second kappa shape index (κ2) is 12.9. The second-order valence-electron chi connectivity index (χ2n) is 11.4. The highest BCUT2D eigenvalue weighted by Gasteiger charge is 2.28. The summed E-state index contributed by atoms with van der Waals surface area (Å²) in [6.07, 6.45) is 13.2. The van der Waals surface area contributed by atoms with E-state index in [0.29, 0.717) is 12.5 Å². The third-order valence-corrected chi connectivity index (χ3v) is 9.08. The predicted octanol–water partition coefficient (Wildman–Crippen LogP) is 5.25. The standard InChI is InChI=1S/C30H41N5O3S/c36-27-26(21-31-20-22-16-18-33(19-17-22)29(39)32-23-10-4-1-5-11-23)28(37)35(25-14-8-3-9-15-25)30(38)34(27)24-12-6-2-7-13-24/h1,4-5,10-11,21-22,24-25,36H,2-3,6-9,12-20H2,(H,32,39). The molecule has 2 aliphatic carbocycles. The Balaban J connectivity index is 1.29. The fourth-order valence-corrected chi connectivity index (χ4v) is 6.73. The number of likely N-dealkylation sites (tertiary alicyclic amines) is 1. The summed E-state index contributed by atoms with van der Waals surface area (Å²) in [7, 11) is 0. The molecule has 0 spiro atoms. The van der Waals surface area contributed by atoms with Gasteiger partial charge in [-0.15, -0.1) is 0 Å². The van der Waals surface area contributed by atoms with Gasteiger partial charge < -0.3 is 15.3 Å². The van der Waals surface area contributed by atoms with Gasteiger partial charge in [0.1, 0.15) is 5.56 Å². The van der Waals surface area contributed by atoms with Crippen molar-refractivity contribution in [3.8, 4) is 5.88 Å². The molecule has 0 unspecified atom stereocenters. The van der Waals surface area contributed by atoms with Gasteiger partial charge in [0, 0.05) is 43.6 Å². The molecule has 1 aromatic heterocycles. The second-order valence-corrected chi connectivity index (χ2v) is 11.8. The first-order valence-corrected chi connectivity index (χ1v) is 15.1. The Hall–Kier alpha value is -2.94. The molecule has 0 radical (unpaired) electrons. The van der Waals surface area contributed by atoms with Gasteiger partial charge in [-0.2, -0.15) is 0 Å². The summed E-state index contributed by atoms with van der Waals surface area (Å²) < 4.78 is 2.95. The van der Waals surface area contributed by atoms with Gasteiger partial charge in [0.25, 0.3) is 5.56 Å². The number of hydrogen-bond donors (Lipinski definition) is 2. The van der Waals surface area contributed by atoms with Gasteiger partial charge in [-0.05, 0) is 68.8 Å². The quantitative estimate of drug-likeness (QED) is 0.376. The van der Waals surface area contributed by atoms with Crippen LogP contribution in [-0.2, 0) is 0 Å². The molecule has 1 aliphatic heterocycles. The summed E-state index contributed by atoms with van der Waals surface area (Å²) >= 11 is 5.61. The lowest BCUT2D eigenvalue weighted by molar-refractivity contribution is 0.270. The largest absolute Gasteiger partial charge is 0.494 e. The topological polar surface area (TPSA) is 91.9 Å². The first kappa shape index (κ1) is 27.6. The van der Waals surface area contributed by atoms with Gasteiger partial charge >= 0.3 is 5.69 Å². The van der Waals surface area contributed by atoms with E-state index in [1.54, 1.807) is 0 Å². The molecule has 3 fully saturated rings. The number of aromatic nitrogens is 2. The van der Waals surface area contributed by atoms with Crippen molar-refractivity contribution < 1.29 is 5.11 Å². The number of anilines is 1. The lowest BCUT2D eigenvalue weighted by Crippen LogP contribution is -2.45. The van der Waals surface area contributed by atoms with E-state index >= 15 is 0 Å². The van der Waals surface area contributed by atoms with Crippen LogP contribution in [0.5, 0.6) is 5.88 Å². The zero-order chi connectivity index (χ0) is 27.2. The van der Waals surface area contributed by atoms with Crippen molar-refractivity contribution in [2.45, 2.75) is 89.1 Å². The Morgan fingerprint density at radius 3 is 2.10 bits per heavy atom. The fourth-order valence-electron chi connectivity index (χ4n) is 6.43. The Labute approximate surface area is 235 Å². The van der Waals surface area contributed by atoms with Crippen LogP contribution in [0.3, 0.4) is 0 Å². The molecule has 0 atom stereocenters. The van der Waals surface area contributed by atoms with Crippen molar-refractivity contribution in [3.63, 3.8) is 0 Å². The van der Waals surface area contributed by atoms with Crippen molar-refractivity contribution >= 4 is 29.2 Å². The third kappa shape index (κ3) is 6.45. The third-order valence-electron chi connectivity index (χ3n) is 8.72. The van der Waals surface area contributed by atoms with Gasteiger partial charge in [0.05, 0.1) is 0 Å². The molecule has 8 nitrogen and oxygen atoms in total. The minimum Gasteiger partial charge on any atom is -0.494 e. The molecule has 2 saturated carbocycles. The highest BCUT2D eigenvalue weighted by molar-refractivity contribution is 7.80. The molecule has 2 heterocycles. The molecule has 9 heteroatoms. The molecule has 39 heavy (non-hydrogen) atoms. The summed E-state index contributed by atoms with van der Waals surface area (Å²) in [5.41, 5.74) is 0.409. The van der Waals surface area contributed by atoms with Crippen molar-refractivity contribution in [3.05, 3.63) is 56.7 Å². The summed E-state index contributed by atoms with van der Waals surface area (Å²) in [4.78, 5) is 34.0. The van der Waals surface area contributed by atoms with Crippen molar-refractivity contribution in [2.24, 2.45) is 10.9 Å². The van der Waals surface area contributed by atoms with Gasteiger partial charge in [-0.25, -0.2) is 4.79 Å². The first-order valence-electron chi connectivity index (χ1n) is 14.7. The van der Waals surface area contributed by atoms with Gasteiger partial charge in [0.2, 0.25) is 5.88 Å². The van der Waals surface area contributed by atoms with Crippen molar-refractivity contribution in [1.29, 1.82) is 0 Å². The summed E-state index contributed by atoms with van der Waals surface area (Å²) in [6, 6.07) is 9.79. The van der Waals surface area contributed by atoms with Crippen molar-refractivity contribution in [1.82, 2.24) is 14.0 Å². The van der Waals surface area contributed by atoms with E-state index < -0.39 is 5.56 Å². The smallest absolute Gasteiger partial charge is 0.334 e. The van der Waals surface area contributed by atoms with Crippen LogP contribution in [0.15, 0.2) is 44.9 Å². The number of benzene rings is 1. The highest BCUT2D eigenvalue weighted by Crippen LogP contribution is 2.31. The van der Waals surface area contributed by atoms with E-state index in [4.69, 9.17) is 12.2 Å². The molecule has 2 N–H and O–H groups in total. The van der Waals surface area contributed by atoms with Crippen LogP contribution < -0.4 is 16.6 Å². The van der Waals surface area contributed by atoms with Crippen LogP contribution in [0.4, 0.5) is 5.69 Å². The van der Waals surface area contributed by atoms with Crippen LogP contribution in [0, 0.1) is 5.92 Å². The average Bonchev–Trinajstić information content (AvgIpc) is 2.97. The molecule has 0 bridgehead atoms. The fraction of sp³-hybridized carbons (Fsp3) is 0.600. The SMILES string of the molecule is O=c1c(C=NCC2CCN(C(=S)Nc3ccccc3)CC2)c(O)n(C2CCCCC2)c(=O)n1C1CCCCC1. The van der Waals surface area contributed by atoms with E-state index in [1.807, 2.05) is 30.3 Å². The maximum absolute atomic E-state index is 13.6. The molecule has 1 saturated heterocycles. The predicted molar refractivity (Wildman–Crippen MR) is 160 cm³/mol. The van der Waals surface area contributed by atoms with Crippen LogP contribution in [-0.4, -0.2) is 50.1 Å². The summed E-state index contributed by atoms with van der Waals surface area (Å²) in [6.45, 7) is 2.29. The average molecular weight is 552 g/mol. The van der Waals surface area contributed by atoms with Gasteiger partial charge in [-0.3, -0.25) is 18.9 Å². The van der Waals surface area contributed by atoms with Gasteiger partial charge in [0.15, 0.2) is 5.11 Å². The maximum Gasteiger partial charge on any atom is 0.334 e. The first-order chi connectivity index (χ1) is 19.0. The minimum atomic E-state index is -0.396. The monoisotopic (exact) mass is 551 g/mol. The Bertz CT molecular complexity index is 1270. The molecule has 210 valence electrons. The number of piperidine rings is 1. The lowest BCUT2D eigenvalue weighted by Gasteiger charge is -2.33. The van der Waals surface area contributed by atoms with E-state index in [-0.39, 0.29) is 29.2 Å². The number of hydrogen-bond acceptors (Lipinski definition) is 5. The van der Waals surface area contributed by atoms with Gasteiger partial charge in [-0.1, -0.05) is 56.7 Å². The molecule has 3 aliphatic rings. The number of nitrogens with one attached hydrogen (secondary N) is 1. The Morgan fingerprint density at radius 1 is 0.897 bits per heavy atom. The molecular formula is C30H41N5O3S. The summed E-state index contributed by atoms with van der Waals surface area (Å²) in [5.74, 6) is 0.170. The van der Waals surface area contributed by atoms with Crippen molar-refractivity contribution in [2.75, 3.05) is 25.0 Å². The van der Waals surface area contributed by atoms with E-state index in [0.717, 1.165) is 101 Å². The van der Waals surface area contributed by atoms with E-state index in [9.17, 15) is 14.7 Å². The number of thiocarbonyl (C=S) groups is 1. The lowest BCUT2D eigenvalue weighted by atomic mass is 9.94. The number of nitrogens with zero attached hydrogens (tertiary/aromatic N) is 4. The number of rotatable bonds is 6. The minimum absolute atomic E-state index is 0.0634. The maximum atomic E-state index is 13.6. The molecule has 1 aromatic carbocycles. The van der Waals surface area contributed by atoms with Crippen LogP contribution in [0.2, 0.25) is 0 Å². The summed E-state index contributed by atoms with van der Waals surface area (Å²) in [5, 5.41) is 15.3. The molecular weight excluding hydrogens is 510 g/mol. The highest BCUT2D eigenvalue weighted by atomic mass is 32.1. The van der Waals surface area contributed by atoms with E-state index in [1.165, 1.54) is 15.3 Å². The number of para-hydroxylation sites is 1. The Kier molecular flexibility index (Phi) is 9.17. The van der Waals surface area contributed by atoms with Crippen LogP contribution >= 0.6 is 12.2 Å². The molecule has 2 aromatic rings. The normalized spacial score (nSPS) is 19.9. The van der Waals surface area contributed by atoms with Crippen LogP contribution in [0.1, 0.15) is 94.7 Å². The zero-order valence-corrected chi connectivity index (χ0v) is 23.6. The number of aliphatic imine (C=N–C) groups is 1. The molecule has 0 amide bonds. The Morgan fingerprint density at radius 2 is 1.49 bits per heavy atom. The zero-order valence-electron chi connectivity index (χ0n) is 22.8. The van der Waals surface area contributed by atoms with E-state index in [2.05, 4.69) is 15.2 Å². The number of aromatic hydroxyl groups is 1. The molecule has 5 rings (SSSR count). The van der Waals surface area contributed by atoms with Crippen LogP contribution in [0.25, 0.3) is 0 Å².